The highest BCUT2D eigenvalue weighted by Gasteiger charge is 2.38. The molecule has 2 heterocycles. The summed E-state index contributed by atoms with van der Waals surface area (Å²) < 4.78 is 0. The Morgan fingerprint density at radius 1 is 1.11 bits per heavy atom. The van der Waals surface area contributed by atoms with Gasteiger partial charge in [0.1, 0.15) is 0 Å². The number of hydrogen-bond donors (Lipinski definition) is 1. The zero-order valence-corrected chi connectivity index (χ0v) is 11.7. The molecule has 0 aromatic heterocycles. The fourth-order valence-electron chi connectivity index (χ4n) is 2.62. The third-order valence-electron chi connectivity index (χ3n) is 4.27. The van der Waals surface area contributed by atoms with Crippen LogP contribution in [-0.2, 0) is 4.79 Å². The van der Waals surface area contributed by atoms with Gasteiger partial charge in [0.05, 0.1) is 5.92 Å². The number of likely N-dealkylation sites (tertiary alicyclic amines) is 1. The number of likely N-dealkylation sites (N-methyl/N-ethyl adjacent to an activating group) is 1. The molecule has 1 N–H and O–H groups in total. The molecular formula is C13H23N3O3. The van der Waals surface area contributed by atoms with Gasteiger partial charge in [0.25, 0.3) is 0 Å². The van der Waals surface area contributed by atoms with Crippen LogP contribution in [0.2, 0.25) is 0 Å². The van der Waals surface area contributed by atoms with Crippen molar-refractivity contribution in [2.45, 2.75) is 13.3 Å². The van der Waals surface area contributed by atoms with Crippen LogP contribution in [0, 0.1) is 11.8 Å². The van der Waals surface area contributed by atoms with Crippen molar-refractivity contribution in [3.8, 4) is 0 Å². The van der Waals surface area contributed by atoms with Crippen molar-refractivity contribution in [2.24, 2.45) is 11.8 Å². The third kappa shape index (κ3) is 3.18. The molecule has 0 aromatic rings. The lowest BCUT2D eigenvalue weighted by Crippen LogP contribution is -2.57. The number of aliphatic carboxylic acids is 1. The Morgan fingerprint density at radius 2 is 1.79 bits per heavy atom. The van der Waals surface area contributed by atoms with E-state index < -0.39 is 5.97 Å². The fraction of sp³-hybridized carbons (Fsp3) is 0.846. The number of nitrogens with zero attached hydrogens (tertiary/aromatic N) is 3. The van der Waals surface area contributed by atoms with Crippen molar-refractivity contribution in [2.75, 3.05) is 46.3 Å². The molecule has 0 radical (unpaired) electrons. The summed E-state index contributed by atoms with van der Waals surface area (Å²) in [6.45, 7) is 6.40. The van der Waals surface area contributed by atoms with E-state index in [2.05, 4.69) is 11.9 Å². The fourth-order valence-corrected chi connectivity index (χ4v) is 2.62. The molecule has 0 bridgehead atoms. The summed E-state index contributed by atoms with van der Waals surface area (Å²) in [6, 6.07) is 0.0733. The third-order valence-corrected chi connectivity index (χ3v) is 4.27. The Morgan fingerprint density at radius 3 is 2.42 bits per heavy atom. The van der Waals surface area contributed by atoms with Crippen LogP contribution in [0.4, 0.5) is 4.79 Å². The molecule has 6 heteroatoms. The molecule has 2 aliphatic rings. The lowest BCUT2D eigenvalue weighted by Gasteiger charge is -2.43. The highest BCUT2D eigenvalue weighted by Crippen LogP contribution is 2.25. The van der Waals surface area contributed by atoms with Gasteiger partial charge >= 0.3 is 12.0 Å². The van der Waals surface area contributed by atoms with E-state index in [4.69, 9.17) is 5.11 Å². The number of carbonyl (C=O) groups excluding carboxylic acids is 1. The van der Waals surface area contributed by atoms with Crippen molar-refractivity contribution in [1.82, 2.24) is 14.7 Å². The molecule has 0 saturated carbocycles. The molecule has 19 heavy (non-hydrogen) atoms. The molecule has 108 valence electrons. The van der Waals surface area contributed by atoms with E-state index in [9.17, 15) is 9.59 Å². The van der Waals surface area contributed by atoms with Gasteiger partial charge in [0, 0.05) is 38.6 Å². The second-order valence-electron chi connectivity index (χ2n) is 5.72. The predicted octanol–water partition coefficient (Wildman–Crippen LogP) is 0.396. The number of carboxylic acid groups (broad SMARTS) is 1. The first kappa shape index (κ1) is 14.1. The smallest absolute Gasteiger partial charge is 0.320 e. The predicted molar refractivity (Wildman–Crippen MR) is 70.9 cm³/mol. The van der Waals surface area contributed by atoms with E-state index in [1.54, 1.807) is 11.8 Å². The number of urea groups is 1. The standard InChI is InChI=1S/C13H23N3O3/c1-10(12(17)18)11-8-16(9-11)13(19)15-5-3-4-14(2)6-7-15/h10-11H,3-9H2,1-2H3,(H,17,18). The SMILES string of the molecule is CC(C(=O)O)C1CN(C(=O)N2CCCN(C)CC2)C1. The second kappa shape index (κ2) is 5.77. The minimum absolute atomic E-state index is 0.0733. The van der Waals surface area contributed by atoms with Gasteiger partial charge in [-0.1, -0.05) is 6.92 Å². The van der Waals surface area contributed by atoms with E-state index in [1.807, 2.05) is 4.90 Å². The normalized spacial score (nSPS) is 23.7. The van der Waals surface area contributed by atoms with Crippen molar-refractivity contribution in [1.29, 1.82) is 0 Å². The zero-order chi connectivity index (χ0) is 14.0. The minimum atomic E-state index is -0.770. The van der Waals surface area contributed by atoms with E-state index in [0.717, 1.165) is 32.6 Å². The van der Waals surface area contributed by atoms with Crippen LogP contribution < -0.4 is 0 Å². The van der Waals surface area contributed by atoms with Gasteiger partial charge in [0.15, 0.2) is 0 Å². The molecular weight excluding hydrogens is 246 g/mol. The summed E-state index contributed by atoms with van der Waals surface area (Å²) in [5.74, 6) is -1.02. The minimum Gasteiger partial charge on any atom is -0.481 e. The molecule has 0 aromatic carbocycles. The molecule has 2 fully saturated rings. The van der Waals surface area contributed by atoms with Crippen molar-refractivity contribution >= 4 is 12.0 Å². The van der Waals surface area contributed by atoms with Crippen molar-refractivity contribution in [3.05, 3.63) is 0 Å². The molecule has 6 nitrogen and oxygen atoms in total. The average Bonchev–Trinajstić information content (AvgIpc) is 2.51. The average molecular weight is 269 g/mol. The van der Waals surface area contributed by atoms with Crippen LogP contribution in [0.25, 0.3) is 0 Å². The Labute approximate surface area is 114 Å². The lowest BCUT2D eigenvalue weighted by molar-refractivity contribution is -0.144. The number of rotatable bonds is 2. The van der Waals surface area contributed by atoms with Gasteiger partial charge in [0.2, 0.25) is 0 Å². The maximum absolute atomic E-state index is 12.3. The summed E-state index contributed by atoms with van der Waals surface area (Å²) >= 11 is 0. The van der Waals surface area contributed by atoms with Gasteiger partial charge in [-0.25, -0.2) is 4.79 Å². The number of carboxylic acids is 1. The molecule has 1 atom stereocenters. The lowest BCUT2D eigenvalue weighted by atomic mass is 9.87. The quantitative estimate of drug-likeness (QED) is 0.788. The Hall–Kier alpha value is -1.30. The van der Waals surface area contributed by atoms with Gasteiger partial charge in [-0.3, -0.25) is 4.79 Å². The molecule has 2 aliphatic heterocycles. The summed E-state index contributed by atoms with van der Waals surface area (Å²) in [4.78, 5) is 29.0. The van der Waals surface area contributed by atoms with E-state index >= 15 is 0 Å². The molecule has 1 unspecified atom stereocenters. The van der Waals surface area contributed by atoms with Crippen LogP contribution >= 0.6 is 0 Å². The molecule has 2 rings (SSSR count). The van der Waals surface area contributed by atoms with Crippen LogP contribution in [0.3, 0.4) is 0 Å². The van der Waals surface area contributed by atoms with Crippen LogP contribution in [0.15, 0.2) is 0 Å². The van der Waals surface area contributed by atoms with Gasteiger partial charge in [-0.2, -0.15) is 0 Å². The first-order valence-electron chi connectivity index (χ1n) is 6.94. The topological polar surface area (TPSA) is 64.1 Å². The zero-order valence-electron chi connectivity index (χ0n) is 11.7. The van der Waals surface area contributed by atoms with Crippen LogP contribution in [0.1, 0.15) is 13.3 Å². The Balaban J connectivity index is 1.81. The molecule has 0 aliphatic carbocycles. The van der Waals surface area contributed by atoms with E-state index in [-0.39, 0.29) is 17.9 Å². The van der Waals surface area contributed by atoms with Crippen LogP contribution in [-0.4, -0.2) is 78.1 Å². The van der Waals surface area contributed by atoms with Gasteiger partial charge < -0.3 is 19.8 Å². The maximum Gasteiger partial charge on any atom is 0.320 e. The number of amides is 2. The summed E-state index contributed by atoms with van der Waals surface area (Å²) in [6.07, 6.45) is 1.00. The van der Waals surface area contributed by atoms with Gasteiger partial charge in [-0.15, -0.1) is 0 Å². The van der Waals surface area contributed by atoms with Crippen LogP contribution in [0.5, 0.6) is 0 Å². The highest BCUT2D eigenvalue weighted by atomic mass is 16.4. The Kier molecular flexibility index (Phi) is 4.29. The Bertz CT molecular complexity index is 355. The first-order chi connectivity index (χ1) is 8.99. The number of carbonyl (C=O) groups is 2. The molecule has 2 amide bonds. The monoisotopic (exact) mass is 269 g/mol. The van der Waals surface area contributed by atoms with E-state index in [1.165, 1.54) is 0 Å². The largest absolute Gasteiger partial charge is 0.481 e. The van der Waals surface area contributed by atoms with Crippen molar-refractivity contribution in [3.63, 3.8) is 0 Å². The maximum atomic E-state index is 12.3. The summed E-state index contributed by atoms with van der Waals surface area (Å²) in [7, 11) is 2.07. The van der Waals surface area contributed by atoms with Gasteiger partial charge in [-0.05, 0) is 20.0 Å². The van der Waals surface area contributed by atoms with E-state index in [0.29, 0.717) is 13.1 Å². The number of hydrogen-bond acceptors (Lipinski definition) is 3. The molecule has 0 spiro atoms. The first-order valence-corrected chi connectivity index (χ1v) is 6.94. The summed E-state index contributed by atoms with van der Waals surface area (Å²) in [5, 5.41) is 8.94. The van der Waals surface area contributed by atoms with Crippen molar-refractivity contribution < 1.29 is 14.7 Å². The highest BCUT2D eigenvalue weighted by molar-refractivity contribution is 5.76. The molecule has 2 saturated heterocycles. The second-order valence-corrected chi connectivity index (χ2v) is 5.72. The summed E-state index contributed by atoms with van der Waals surface area (Å²) in [5.41, 5.74) is 0.